The molecule has 0 saturated carbocycles. The van der Waals surface area contributed by atoms with Gasteiger partial charge in [-0.25, -0.2) is 8.78 Å². The molecule has 160 valence electrons. The fourth-order valence-corrected chi connectivity index (χ4v) is 3.71. The van der Waals surface area contributed by atoms with Gasteiger partial charge in [-0.3, -0.25) is 14.5 Å². The van der Waals surface area contributed by atoms with Crippen molar-refractivity contribution in [1.82, 2.24) is 14.7 Å². The second-order valence-electron chi connectivity index (χ2n) is 7.72. The lowest BCUT2D eigenvalue weighted by Crippen LogP contribution is -2.55. The molecule has 7 heteroatoms. The van der Waals surface area contributed by atoms with E-state index in [1.165, 1.54) is 24.3 Å². The molecule has 2 amide bonds. The number of piperazine rings is 1. The molecule has 0 bridgehead atoms. The van der Waals surface area contributed by atoms with Crippen molar-refractivity contribution in [3.8, 4) is 0 Å². The largest absolute Gasteiger partial charge is 0.340 e. The number of hydrogen-bond donors (Lipinski definition) is 0. The first kappa shape index (κ1) is 21.9. The maximum absolute atomic E-state index is 13.4. The summed E-state index contributed by atoms with van der Waals surface area (Å²) in [5.41, 5.74) is 1.53. The van der Waals surface area contributed by atoms with Gasteiger partial charge in [-0.15, -0.1) is 0 Å². The minimum absolute atomic E-state index is 0.00320. The van der Waals surface area contributed by atoms with Crippen LogP contribution in [0.5, 0.6) is 0 Å². The summed E-state index contributed by atoms with van der Waals surface area (Å²) in [5, 5.41) is 0. The van der Waals surface area contributed by atoms with Gasteiger partial charge in [-0.1, -0.05) is 24.3 Å². The highest BCUT2D eigenvalue weighted by Crippen LogP contribution is 2.13. The van der Waals surface area contributed by atoms with Crippen molar-refractivity contribution >= 4 is 11.8 Å². The van der Waals surface area contributed by atoms with Crippen LogP contribution >= 0.6 is 0 Å². The molecule has 0 radical (unpaired) electrons. The third kappa shape index (κ3) is 5.63. The topological polar surface area (TPSA) is 43.9 Å². The van der Waals surface area contributed by atoms with Crippen molar-refractivity contribution in [1.29, 1.82) is 0 Å². The standard InChI is InChI=1S/C23H27F2N3O2/c1-17(23(30)26(2)16-19-4-3-5-21(25)14-19)27-10-12-28(13-11-27)22(29)15-18-6-8-20(24)9-7-18/h3-9,14,17H,10-13,15-16H2,1-2H3. The molecular weight excluding hydrogens is 388 g/mol. The Kier molecular flexibility index (Phi) is 7.15. The van der Waals surface area contributed by atoms with Crippen LogP contribution in [0.2, 0.25) is 0 Å². The summed E-state index contributed by atoms with van der Waals surface area (Å²) in [4.78, 5) is 30.8. The third-order valence-corrected chi connectivity index (χ3v) is 5.53. The molecule has 5 nitrogen and oxygen atoms in total. The van der Waals surface area contributed by atoms with Crippen LogP contribution in [0.1, 0.15) is 18.1 Å². The maximum atomic E-state index is 13.4. The summed E-state index contributed by atoms with van der Waals surface area (Å²) in [5.74, 6) is -0.669. The molecule has 1 aliphatic heterocycles. The number of carbonyl (C=O) groups excluding carboxylic acids is 2. The molecule has 0 aliphatic carbocycles. The Labute approximate surface area is 175 Å². The lowest BCUT2D eigenvalue weighted by molar-refractivity contribution is -0.138. The van der Waals surface area contributed by atoms with Crippen LogP contribution in [0.3, 0.4) is 0 Å². The minimum Gasteiger partial charge on any atom is -0.340 e. The smallest absolute Gasteiger partial charge is 0.239 e. The fraction of sp³-hybridized carbons (Fsp3) is 0.391. The quantitative estimate of drug-likeness (QED) is 0.729. The Morgan fingerprint density at radius 1 is 0.967 bits per heavy atom. The molecule has 0 aromatic heterocycles. The Morgan fingerprint density at radius 2 is 1.63 bits per heavy atom. The van der Waals surface area contributed by atoms with Crippen molar-refractivity contribution in [2.45, 2.75) is 25.9 Å². The highest BCUT2D eigenvalue weighted by Gasteiger charge is 2.29. The van der Waals surface area contributed by atoms with Crippen LogP contribution in [0.4, 0.5) is 8.78 Å². The summed E-state index contributed by atoms with van der Waals surface area (Å²) in [6.07, 6.45) is 0.241. The van der Waals surface area contributed by atoms with Crippen LogP contribution < -0.4 is 0 Å². The number of rotatable bonds is 6. The molecular formula is C23H27F2N3O2. The normalized spacial score (nSPS) is 15.7. The van der Waals surface area contributed by atoms with Gasteiger partial charge in [0.25, 0.3) is 0 Å². The highest BCUT2D eigenvalue weighted by atomic mass is 19.1. The fourth-order valence-electron chi connectivity index (χ4n) is 3.71. The number of likely N-dealkylation sites (N-methyl/N-ethyl adjacent to an activating group) is 1. The van der Waals surface area contributed by atoms with E-state index in [-0.39, 0.29) is 35.9 Å². The van der Waals surface area contributed by atoms with Crippen LogP contribution in [0.15, 0.2) is 48.5 Å². The van der Waals surface area contributed by atoms with Crippen molar-refractivity contribution < 1.29 is 18.4 Å². The predicted molar refractivity (Wildman–Crippen MR) is 111 cm³/mol. The Hall–Kier alpha value is -2.80. The van der Waals surface area contributed by atoms with E-state index in [4.69, 9.17) is 0 Å². The molecule has 1 fully saturated rings. The molecule has 2 aromatic carbocycles. The summed E-state index contributed by atoms with van der Waals surface area (Å²) >= 11 is 0. The van der Waals surface area contributed by atoms with Crippen molar-refractivity contribution in [3.63, 3.8) is 0 Å². The molecule has 1 aliphatic rings. The molecule has 1 atom stereocenters. The van der Waals surface area contributed by atoms with Crippen molar-refractivity contribution in [3.05, 3.63) is 71.3 Å². The van der Waals surface area contributed by atoms with E-state index in [1.807, 2.05) is 6.92 Å². The molecule has 1 heterocycles. The summed E-state index contributed by atoms with van der Waals surface area (Å²) < 4.78 is 26.4. The number of benzene rings is 2. The van der Waals surface area contributed by atoms with E-state index in [0.717, 1.165) is 11.1 Å². The lowest BCUT2D eigenvalue weighted by atomic mass is 10.1. The van der Waals surface area contributed by atoms with Crippen LogP contribution in [-0.2, 0) is 22.6 Å². The van der Waals surface area contributed by atoms with Gasteiger partial charge in [-0.2, -0.15) is 0 Å². The Morgan fingerprint density at radius 3 is 2.27 bits per heavy atom. The molecule has 2 aromatic rings. The van der Waals surface area contributed by atoms with Gasteiger partial charge in [0.15, 0.2) is 0 Å². The van der Waals surface area contributed by atoms with Gasteiger partial charge in [0.1, 0.15) is 11.6 Å². The van der Waals surface area contributed by atoms with Gasteiger partial charge in [0, 0.05) is 39.8 Å². The highest BCUT2D eigenvalue weighted by molar-refractivity contribution is 5.81. The van der Waals surface area contributed by atoms with Gasteiger partial charge >= 0.3 is 0 Å². The second-order valence-corrected chi connectivity index (χ2v) is 7.72. The molecule has 30 heavy (non-hydrogen) atoms. The van der Waals surface area contributed by atoms with Gasteiger partial charge in [-0.05, 0) is 42.3 Å². The summed E-state index contributed by atoms with van der Waals surface area (Å²) in [6, 6.07) is 11.9. The molecule has 0 N–H and O–H groups in total. The number of hydrogen-bond acceptors (Lipinski definition) is 3. The molecule has 3 rings (SSSR count). The first-order valence-corrected chi connectivity index (χ1v) is 10.1. The van der Waals surface area contributed by atoms with E-state index in [9.17, 15) is 18.4 Å². The van der Waals surface area contributed by atoms with Gasteiger partial charge in [0.05, 0.1) is 12.5 Å². The first-order chi connectivity index (χ1) is 14.3. The number of halogens is 2. The zero-order valence-electron chi connectivity index (χ0n) is 17.4. The van der Waals surface area contributed by atoms with Crippen molar-refractivity contribution in [2.24, 2.45) is 0 Å². The zero-order chi connectivity index (χ0) is 21.7. The molecule has 1 unspecified atom stereocenters. The van der Waals surface area contributed by atoms with Gasteiger partial charge < -0.3 is 9.80 Å². The lowest BCUT2D eigenvalue weighted by Gasteiger charge is -2.38. The van der Waals surface area contributed by atoms with Crippen molar-refractivity contribution in [2.75, 3.05) is 33.2 Å². The summed E-state index contributed by atoms with van der Waals surface area (Å²) in [7, 11) is 1.71. The van der Waals surface area contributed by atoms with Gasteiger partial charge in [0.2, 0.25) is 11.8 Å². The monoisotopic (exact) mass is 415 g/mol. The number of carbonyl (C=O) groups is 2. The van der Waals surface area contributed by atoms with E-state index in [2.05, 4.69) is 4.90 Å². The Balaban J connectivity index is 1.49. The average molecular weight is 415 g/mol. The SMILES string of the molecule is CC(C(=O)N(C)Cc1cccc(F)c1)N1CCN(C(=O)Cc2ccc(F)cc2)CC1. The average Bonchev–Trinajstić information content (AvgIpc) is 2.74. The molecule has 0 spiro atoms. The zero-order valence-corrected chi connectivity index (χ0v) is 17.4. The third-order valence-electron chi connectivity index (χ3n) is 5.53. The molecule has 1 saturated heterocycles. The van der Waals surface area contributed by atoms with E-state index >= 15 is 0 Å². The summed E-state index contributed by atoms with van der Waals surface area (Å²) in [6.45, 7) is 4.51. The number of amides is 2. The Bertz CT molecular complexity index is 880. The first-order valence-electron chi connectivity index (χ1n) is 10.1. The number of nitrogens with zero attached hydrogens (tertiary/aromatic N) is 3. The second kappa shape index (κ2) is 9.80. The van der Waals surface area contributed by atoms with E-state index in [0.29, 0.717) is 32.7 Å². The van der Waals surface area contributed by atoms with E-state index < -0.39 is 0 Å². The predicted octanol–water partition coefficient (Wildman–Crippen LogP) is 2.70. The maximum Gasteiger partial charge on any atom is 0.239 e. The van der Waals surface area contributed by atoms with Crippen LogP contribution in [-0.4, -0.2) is 65.8 Å². The van der Waals surface area contributed by atoms with E-state index in [1.54, 1.807) is 41.1 Å². The van der Waals surface area contributed by atoms with Crippen LogP contribution in [0.25, 0.3) is 0 Å². The minimum atomic E-state index is -0.321. The van der Waals surface area contributed by atoms with Crippen LogP contribution in [0, 0.1) is 11.6 Å².